The summed E-state index contributed by atoms with van der Waals surface area (Å²) in [7, 11) is 0. The number of ether oxygens (including phenoxy) is 1. The number of hydrogen-bond donors (Lipinski definition) is 2. The molecule has 2 fully saturated rings. The third kappa shape index (κ3) is 5.73. The second kappa shape index (κ2) is 10.5. The van der Waals surface area contributed by atoms with Crippen molar-refractivity contribution in [3.05, 3.63) is 24.3 Å². The lowest BCUT2D eigenvalue weighted by Gasteiger charge is -2.28. The van der Waals surface area contributed by atoms with Gasteiger partial charge in [-0.2, -0.15) is 0 Å². The lowest BCUT2D eigenvalue weighted by atomic mass is 9.81. The Bertz CT molecular complexity index is 645. The van der Waals surface area contributed by atoms with E-state index in [0.717, 1.165) is 44.2 Å². The SMILES string of the molecule is CCOc1ccccc1NC(=O)C1CCC(C(=O)NC2CCCCCC2)CC1. The van der Waals surface area contributed by atoms with Crippen molar-refractivity contribution >= 4 is 17.5 Å². The predicted octanol–water partition coefficient (Wildman–Crippen LogP) is 4.67. The van der Waals surface area contributed by atoms with E-state index in [9.17, 15) is 9.59 Å². The fourth-order valence-electron chi connectivity index (χ4n) is 4.45. The number of rotatable bonds is 6. The number of amides is 2. The number of anilines is 1. The first-order chi connectivity index (χ1) is 13.7. The van der Waals surface area contributed by atoms with Gasteiger partial charge >= 0.3 is 0 Å². The first kappa shape index (κ1) is 20.7. The molecule has 2 aliphatic carbocycles. The van der Waals surface area contributed by atoms with Crippen molar-refractivity contribution in [1.82, 2.24) is 5.32 Å². The van der Waals surface area contributed by atoms with Crippen LogP contribution in [0.4, 0.5) is 5.69 Å². The van der Waals surface area contributed by atoms with Gasteiger partial charge in [0.15, 0.2) is 0 Å². The van der Waals surface area contributed by atoms with Crippen LogP contribution in [0.5, 0.6) is 5.75 Å². The minimum Gasteiger partial charge on any atom is -0.492 e. The summed E-state index contributed by atoms with van der Waals surface area (Å²) in [4.78, 5) is 25.3. The van der Waals surface area contributed by atoms with E-state index in [-0.39, 0.29) is 23.7 Å². The van der Waals surface area contributed by atoms with Crippen LogP contribution in [0.15, 0.2) is 24.3 Å². The highest BCUT2D eigenvalue weighted by atomic mass is 16.5. The van der Waals surface area contributed by atoms with Crippen LogP contribution >= 0.6 is 0 Å². The summed E-state index contributed by atoms with van der Waals surface area (Å²) in [5.74, 6) is 0.969. The van der Waals surface area contributed by atoms with Crippen LogP contribution in [-0.4, -0.2) is 24.5 Å². The van der Waals surface area contributed by atoms with Gasteiger partial charge in [0.1, 0.15) is 5.75 Å². The molecule has 0 radical (unpaired) electrons. The number of para-hydroxylation sites is 2. The maximum atomic E-state index is 12.7. The fourth-order valence-corrected chi connectivity index (χ4v) is 4.45. The smallest absolute Gasteiger partial charge is 0.227 e. The van der Waals surface area contributed by atoms with Crippen LogP contribution in [0, 0.1) is 11.8 Å². The van der Waals surface area contributed by atoms with Gasteiger partial charge in [-0.25, -0.2) is 0 Å². The quantitative estimate of drug-likeness (QED) is 0.698. The Kier molecular flexibility index (Phi) is 7.75. The monoisotopic (exact) mass is 386 g/mol. The number of benzene rings is 1. The maximum absolute atomic E-state index is 12.7. The zero-order valence-corrected chi connectivity index (χ0v) is 17.0. The van der Waals surface area contributed by atoms with Crippen LogP contribution < -0.4 is 15.4 Å². The summed E-state index contributed by atoms with van der Waals surface area (Å²) >= 11 is 0. The first-order valence-electron chi connectivity index (χ1n) is 11.0. The lowest BCUT2D eigenvalue weighted by Crippen LogP contribution is -2.40. The Morgan fingerprint density at radius 2 is 1.50 bits per heavy atom. The molecule has 0 bridgehead atoms. The van der Waals surface area contributed by atoms with Crippen molar-refractivity contribution in [3.8, 4) is 5.75 Å². The Hall–Kier alpha value is -2.04. The molecular formula is C23H34N2O3. The van der Waals surface area contributed by atoms with Gasteiger partial charge in [0, 0.05) is 17.9 Å². The maximum Gasteiger partial charge on any atom is 0.227 e. The molecule has 0 heterocycles. The molecule has 3 rings (SSSR count). The predicted molar refractivity (Wildman–Crippen MR) is 111 cm³/mol. The second-order valence-corrected chi connectivity index (χ2v) is 8.16. The molecule has 2 N–H and O–H groups in total. The van der Waals surface area contributed by atoms with Gasteiger partial charge in [0.25, 0.3) is 0 Å². The molecule has 2 saturated carbocycles. The van der Waals surface area contributed by atoms with E-state index < -0.39 is 0 Å². The van der Waals surface area contributed by atoms with Gasteiger partial charge in [0.2, 0.25) is 11.8 Å². The summed E-state index contributed by atoms with van der Waals surface area (Å²) in [5, 5.41) is 6.30. The summed E-state index contributed by atoms with van der Waals surface area (Å²) in [5.41, 5.74) is 0.725. The largest absolute Gasteiger partial charge is 0.492 e. The molecule has 0 spiro atoms. The second-order valence-electron chi connectivity index (χ2n) is 8.16. The van der Waals surface area contributed by atoms with Crippen LogP contribution in [0.1, 0.15) is 71.1 Å². The van der Waals surface area contributed by atoms with Gasteiger partial charge in [0.05, 0.1) is 12.3 Å². The average molecular weight is 387 g/mol. The van der Waals surface area contributed by atoms with E-state index >= 15 is 0 Å². The molecule has 0 saturated heterocycles. The summed E-state index contributed by atoms with van der Waals surface area (Å²) in [6.07, 6.45) is 10.4. The van der Waals surface area contributed by atoms with Crippen LogP contribution in [0.3, 0.4) is 0 Å². The van der Waals surface area contributed by atoms with Gasteiger partial charge in [-0.3, -0.25) is 9.59 Å². The molecule has 0 atom stereocenters. The van der Waals surface area contributed by atoms with E-state index in [0.29, 0.717) is 18.4 Å². The fraction of sp³-hybridized carbons (Fsp3) is 0.652. The molecular weight excluding hydrogens is 352 g/mol. The highest BCUT2D eigenvalue weighted by molar-refractivity contribution is 5.94. The molecule has 0 aromatic heterocycles. The Labute approximate surface area is 168 Å². The minimum absolute atomic E-state index is 0.0309. The topological polar surface area (TPSA) is 67.4 Å². The van der Waals surface area contributed by atoms with Crippen molar-refractivity contribution in [3.63, 3.8) is 0 Å². The Balaban J connectivity index is 1.46. The van der Waals surface area contributed by atoms with Crippen molar-refractivity contribution in [1.29, 1.82) is 0 Å². The highest BCUT2D eigenvalue weighted by Gasteiger charge is 2.31. The number of carbonyl (C=O) groups is 2. The third-order valence-electron chi connectivity index (χ3n) is 6.12. The molecule has 154 valence electrons. The highest BCUT2D eigenvalue weighted by Crippen LogP contribution is 2.32. The normalized spacial score (nSPS) is 23.5. The van der Waals surface area contributed by atoms with E-state index in [1.807, 2.05) is 31.2 Å². The van der Waals surface area contributed by atoms with E-state index in [1.54, 1.807) is 0 Å². The number of hydrogen-bond acceptors (Lipinski definition) is 3. The molecule has 0 unspecified atom stereocenters. The molecule has 1 aromatic carbocycles. The molecule has 1 aromatic rings. The number of carbonyl (C=O) groups excluding carboxylic acids is 2. The van der Waals surface area contributed by atoms with E-state index in [4.69, 9.17) is 4.74 Å². The molecule has 2 amide bonds. The molecule has 2 aliphatic rings. The standard InChI is InChI=1S/C23H34N2O3/c1-2-28-21-12-8-7-11-20(21)25-23(27)18-15-13-17(14-16-18)22(26)24-19-9-5-3-4-6-10-19/h7-8,11-12,17-19H,2-6,9-10,13-16H2,1H3,(H,24,26)(H,25,27). The van der Waals surface area contributed by atoms with Crippen molar-refractivity contribution < 1.29 is 14.3 Å². The van der Waals surface area contributed by atoms with Gasteiger partial charge in [-0.05, 0) is 57.6 Å². The Morgan fingerprint density at radius 3 is 2.14 bits per heavy atom. The van der Waals surface area contributed by atoms with Crippen molar-refractivity contribution in [2.24, 2.45) is 11.8 Å². The van der Waals surface area contributed by atoms with Crippen molar-refractivity contribution in [2.45, 2.75) is 77.2 Å². The summed E-state index contributed by atoms with van der Waals surface area (Å²) < 4.78 is 5.59. The van der Waals surface area contributed by atoms with Crippen molar-refractivity contribution in [2.75, 3.05) is 11.9 Å². The average Bonchev–Trinajstić information content (AvgIpc) is 2.98. The van der Waals surface area contributed by atoms with Gasteiger partial charge in [-0.1, -0.05) is 37.8 Å². The minimum atomic E-state index is -0.0309. The van der Waals surface area contributed by atoms with E-state index in [2.05, 4.69) is 10.6 Å². The van der Waals surface area contributed by atoms with Gasteiger partial charge in [-0.15, -0.1) is 0 Å². The molecule has 5 heteroatoms. The molecule has 5 nitrogen and oxygen atoms in total. The van der Waals surface area contributed by atoms with Crippen LogP contribution in [0.2, 0.25) is 0 Å². The number of nitrogens with one attached hydrogen (secondary N) is 2. The summed E-state index contributed by atoms with van der Waals surface area (Å²) in [6.45, 7) is 2.49. The van der Waals surface area contributed by atoms with E-state index in [1.165, 1.54) is 25.7 Å². The molecule has 0 aliphatic heterocycles. The first-order valence-corrected chi connectivity index (χ1v) is 11.0. The molecule has 28 heavy (non-hydrogen) atoms. The van der Waals surface area contributed by atoms with Gasteiger partial charge < -0.3 is 15.4 Å². The zero-order chi connectivity index (χ0) is 19.8. The Morgan fingerprint density at radius 1 is 0.893 bits per heavy atom. The zero-order valence-electron chi connectivity index (χ0n) is 17.0. The summed E-state index contributed by atoms with van der Waals surface area (Å²) in [6, 6.07) is 7.89. The van der Waals surface area contributed by atoms with Crippen LogP contribution in [0.25, 0.3) is 0 Å². The van der Waals surface area contributed by atoms with Crippen LogP contribution in [-0.2, 0) is 9.59 Å². The third-order valence-corrected chi connectivity index (χ3v) is 6.12. The lowest BCUT2D eigenvalue weighted by molar-refractivity contribution is -0.129.